The van der Waals surface area contributed by atoms with Crippen LogP contribution >= 0.6 is 0 Å². The molecule has 0 saturated carbocycles. The minimum atomic E-state index is -6.32. The first-order valence-electron chi connectivity index (χ1n) is 5.74. The average molecular weight is 486 g/mol. The van der Waals surface area contributed by atoms with Crippen molar-refractivity contribution in [2.45, 2.75) is 19.6 Å². The molecule has 0 amide bonds. The van der Waals surface area contributed by atoms with Crippen molar-refractivity contribution in [3.05, 3.63) is 11.1 Å². The average Bonchev–Trinajstić information content (AvgIpc) is 2.39. The van der Waals surface area contributed by atoms with Gasteiger partial charge in [-0.3, -0.25) is 18.2 Å². The van der Waals surface area contributed by atoms with Gasteiger partial charge in [-0.05, 0) is 0 Å². The maximum Gasteiger partial charge on any atom is 0.338 e. The summed E-state index contributed by atoms with van der Waals surface area (Å²) in [5, 5.41) is 18.1. The molecular formula is C8H6O16S4. The van der Waals surface area contributed by atoms with Crippen LogP contribution in [-0.2, 0) is 40.5 Å². The number of carboxylic acid groups (broad SMARTS) is 2. The number of carbonyl (C=O) groups is 2. The summed E-state index contributed by atoms with van der Waals surface area (Å²) in [6, 6.07) is 0. The lowest BCUT2D eigenvalue weighted by atomic mass is 10.1. The van der Waals surface area contributed by atoms with Crippen LogP contribution in [-0.4, -0.2) is 74.0 Å². The van der Waals surface area contributed by atoms with E-state index in [4.69, 9.17) is 28.4 Å². The normalized spacial score (nSPS) is 13.3. The number of benzene rings is 1. The summed E-state index contributed by atoms with van der Waals surface area (Å²) >= 11 is 0. The molecule has 0 aliphatic heterocycles. The van der Waals surface area contributed by atoms with Gasteiger partial charge in [-0.25, -0.2) is 9.59 Å². The molecule has 0 aliphatic carbocycles. The minimum absolute atomic E-state index is 2.36. The second-order valence-electron chi connectivity index (χ2n) is 4.58. The van der Waals surface area contributed by atoms with E-state index in [2.05, 4.69) is 0 Å². The van der Waals surface area contributed by atoms with E-state index in [1.165, 1.54) is 0 Å². The largest absolute Gasteiger partial charge is 0.478 e. The fourth-order valence-electron chi connectivity index (χ4n) is 2.03. The molecule has 0 saturated heterocycles. The molecule has 0 spiro atoms. The predicted molar refractivity (Wildman–Crippen MR) is 79.6 cm³/mol. The molecule has 28 heavy (non-hydrogen) atoms. The van der Waals surface area contributed by atoms with E-state index >= 15 is 0 Å². The first kappa shape index (κ1) is 23.8. The van der Waals surface area contributed by atoms with Crippen molar-refractivity contribution >= 4 is 52.4 Å². The Hall–Kier alpha value is -2.20. The zero-order valence-electron chi connectivity index (χ0n) is 12.4. The lowest BCUT2D eigenvalue weighted by molar-refractivity contribution is 0.0642. The molecule has 1 aromatic rings. The Labute approximate surface area is 155 Å². The smallest absolute Gasteiger partial charge is 0.338 e. The van der Waals surface area contributed by atoms with Gasteiger partial charge in [0.15, 0.2) is 0 Å². The summed E-state index contributed by atoms with van der Waals surface area (Å²) in [6.45, 7) is 0. The van der Waals surface area contributed by atoms with Gasteiger partial charge in [-0.1, -0.05) is 0 Å². The summed E-state index contributed by atoms with van der Waals surface area (Å²) in [4.78, 5) is 12.0. The minimum Gasteiger partial charge on any atom is -0.478 e. The molecule has 1 aromatic carbocycles. The molecule has 20 heteroatoms. The van der Waals surface area contributed by atoms with E-state index in [0.717, 1.165) is 0 Å². The van der Waals surface area contributed by atoms with Gasteiger partial charge in [0, 0.05) is 0 Å². The first-order chi connectivity index (χ1) is 12.1. The highest BCUT2D eigenvalue weighted by Gasteiger charge is 2.46. The lowest BCUT2D eigenvalue weighted by Gasteiger charge is -2.17. The fraction of sp³-hybridized carbons (Fsp3) is 0. The van der Waals surface area contributed by atoms with Crippen LogP contribution in [0, 0.1) is 0 Å². The summed E-state index contributed by atoms with van der Waals surface area (Å²) in [7, 11) is -25.1. The van der Waals surface area contributed by atoms with Crippen molar-refractivity contribution in [3.63, 3.8) is 0 Å². The SMILES string of the molecule is O=C(O)c1c(C(=O)O)c(S(=O)(=O)O)c(S(=O)(=O)O)c(S(=O)(=O)O)c1S(=O)(=O)O. The molecule has 0 aliphatic rings. The number of hydrogen-bond acceptors (Lipinski definition) is 10. The Balaban J connectivity index is 5.07. The highest BCUT2D eigenvalue weighted by Crippen LogP contribution is 2.39. The standard InChI is InChI=1S/C8H6O16S4/c9-7(10)1-2(8(11)12)4(26(16,17)18)6(28(22,23)24)5(27(19,20)21)3(1)25(13,14)15/h(H,9,10)(H,11,12)(H,13,14,15)(H,16,17,18)(H,19,20,21)(H,22,23,24). The number of carboxylic acids is 2. The molecule has 0 radical (unpaired) electrons. The lowest BCUT2D eigenvalue weighted by Crippen LogP contribution is -2.26. The van der Waals surface area contributed by atoms with E-state index in [9.17, 15) is 43.3 Å². The van der Waals surface area contributed by atoms with Crippen LogP contribution in [0.3, 0.4) is 0 Å². The fourth-order valence-corrected chi connectivity index (χ4v) is 6.97. The summed E-state index contributed by atoms with van der Waals surface area (Å²) < 4.78 is 128. The van der Waals surface area contributed by atoms with Gasteiger partial charge >= 0.3 is 11.9 Å². The van der Waals surface area contributed by atoms with E-state index < -0.39 is 83.1 Å². The van der Waals surface area contributed by atoms with Crippen molar-refractivity contribution in [2.75, 3.05) is 0 Å². The number of hydrogen-bond donors (Lipinski definition) is 6. The van der Waals surface area contributed by atoms with E-state index in [1.807, 2.05) is 0 Å². The molecule has 16 nitrogen and oxygen atoms in total. The Kier molecular flexibility index (Phi) is 5.70. The molecule has 0 aromatic heterocycles. The van der Waals surface area contributed by atoms with Gasteiger partial charge in [0.1, 0.15) is 19.6 Å². The molecule has 1 rings (SSSR count). The third kappa shape index (κ3) is 4.27. The summed E-state index contributed by atoms with van der Waals surface area (Å²) in [5.74, 6) is -5.50. The zero-order chi connectivity index (χ0) is 22.6. The van der Waals surface area contributed by atoms with Crippen molar-refractivity contribution in [1.82, 2.24) is 0 Å². The van der Waals surface area contributed by atoms with E-state index in [-0.39, 0.29) is 0 Å². The van der Waals surface area contributed by atoms with Gasteiger partial charge in [0.05, 0.1) is 11.1 Å². The highest BCUT2D eigenvalue weighted by molar-refractivity contribution is 7.91. The highest BCUT2D eigenvalue weighted by atomic mass is 32.2. The van der Waals surface area contributed by atoms with Crippen LogP contribution in [0.2, 0.25) is 0 Å². The van der Waals surface area contributed by atoms with Gasteiger partial charge < -0.3 is 10.2 Å². The Morgan fingerprint density at radius 3 is 0.750 bits per heavy atom. The maximum atomic E-state index is 11.5. The van der Waals surface area contributed by atoms with Crippen molar-refractivity contribution in [2.24, 2.45) is 0 Å². The third-order valence-corrected chi connectivity index (χ3v) is 6.87. The Morgan fingerprint density at radius 1 is 0.464 bits per heavy atom. The van der Waals surface area contributed by atoms with Gasteiger partial charge in [0.2, 0.25) is 0 Å². The second kappa shape index (κ2) is 6.70. The predicted octanol–water partition coefficient (Wildman–Crippen LogP) is -1.93. The zero-order valence-corrected chi connectivity index (χ0v) is 15.7. The molecule has 0 heterocycles. The van der Waals surface area contributed by atoms with E-state index in [0.29, 0.717) is 0 Å². The molecule has 0 bridgehead atoms. The Morgan fingerprint density at radius 2 is 0.643 bits per heavy atom. The van der Waals surface area contributed by atoms with E-state index in [1.54, 1.807) is 0 Å². The monoisotopic (exact) mass is 486 g/mol. The molecule has 158 valence electrons. The van der Waals surface area contributed by atoms with Crippen LogP contribution in [0.25, 0.3) is 0 Å². The third-order valence-electron chi connectivity index (χ3n) is 2.78. The second-order valence-corrected chi connectivity index (χ2v) is 10.0. The first-order valence-corrected chi connectivity index (χ1v) is 11.5. The van der Waals surface area contributed by atoms with Crippen LogP contribution in [0.1, 0.15) is 20.7 Å². The van der Waals surface area contributed by atoms with Gasteiger partial charge in [-0.2, -0.15) is 33.7 Å². The molecular weight excluding hydrogens is 480 g/mol. The quantitative estimate of drug-likeness (QED) is 0.238. The molecule has 6 N–H and O–H groups in total. The maximum absolute atomic E-state index is 11.5. The topological polar surface area (TPSA) is 292 Å². The van der Waals surface area contributed by atoms with Crippen molar-refractivity contribution in [3.8, 4) is 0 Å². The van der Waals surface area contributed by atoms with Crippen molar-refractivity contribution < 1.29 is 71.7 Å². The molecule has 0 fully saturated rings. The van der Waals surface area contributed by atoms with Crippen LogP contribution in [0.15, 0.2) is 19.6 Å². The summed E-state index contributed by atoms with van der Waals surface area (Å²) in [5.41, 5.74) is -4.72. The van der Waals surface area contributed by atoms with Crippen LogP contribution in [0.5, 0.6) is 0 Å². The number of rotatable bonds is 6. The summed E-state index contributed by atoms with van der Waals surface area (Å²) in [6.07, 6.45) is 0. The molecule has 0 atom stereocenters. The van der Waals surface area contributed by atoms with Crippen LogP contribution < -0.4 is 0 Å². The number of aromatic carboxylic acids is 2. The van der Waals surface area contributed by atoms with Gasteiger partial charge in [-0.15, -0.1) is 0 Å². The van der Waals surface area contributed by atoms with Gasteiger partial charge in [0.25, 0.3) is 40.5 Å². The van der Waals surface area contributed by atoms with Crippen LogP contribution in [0.4, 0.5) is 0 Å². The van der Waals surface area contributed by atoms with Crippen molar-refractivity contribution in [1.29, 1.82) is 0 Å². The molecule has 0 unspecified atom stereocenters. The Bertz CT molecular complexity index is 1220.